The average molecular weight is 413 g/mol. The van der Waals surface area contributed by atoms with E-state index in [9.17, 15) is 9.59 Å². The molecule has 3 rings (SSSR count). The first-order chi connectivity index (χ1) is 12.4. The number of aromatic nitrogens is 2. The van der Waals surface area contributed by atoms with Gasteiger partial charge in [-0.05, 0) is 31.0 Å². The maximum Gasteiger partial charge on any atom is 0.256 e. The van der Waals surface area contributed by atoms with Crippen molar-refractivity contribution >= 4 is 51.5 Å². The van der Waals surface area contributed by atoms with E-state index in [4.69, 9.17) is 23.2 Å². The van der Waals surface area contributed by atoms with Gasteiger partial charge in [-0.25, -0.2) is 0 Å². The topological polar surface area (TPSA) is 75.2 Å². The molecule has 1 aliphatic heterocycles. The van der Waals surface area contributed by atoms with Gasteiger partial charge in [-0.3, -0.25) is 14.9 Å². The van der Waals surface area contributed by atoms with Crippen LogP contribution in [0.3, 0.4) is 0 Å². The molecule has 1 aliphatic rings. The van der Waals surface area contributed by atoms with Gasteiger partial charge in [0.1, 0.15) is 11.0 Å². The van der Waals surface area contributed by atoms with Crippen molar-refractivity contribution in [3.8, 4) is 0 Å². The highest BCUT2D eigenvalue weighted by Crippen LogP contribution is 2.28. The van der Waals surface area contributed by atoms with Crippen LogP contribution >= 0.6 is 34.5 Å². The van der Waals surface area contributed by atoms with Gasteiger partial charge in [-0.15, -0.1) is 10.2 Å². The van der Waals surface area contributed by atoms with E-state index in [0.717, 1.165) is 11.4 Å². The maximum absolute atomic E-state index is 12.9. The smallest absolute Gasteiger partial charge is 0.256 e. The van der Waals surface area contributed by atoms with Gasteiger partial charge in [0.15, 0.2) is 0 Å². The minimum Gasteiger partial charge on any atom is -0.327 e. The molecule has 2 aromatic rings. The number of nitrogens with one attached hydrogen (secondary N) is 1. The van der Waals surface area contributed by atoms with Crippen molar-refractivity contribution in [2.75, 3.05) is 11.9 Å². The molecule has 0 bridgehead atoms. The molecule has 6 nitrogen and oxygen atoms in total. The SMILES string of the molecule is CC(C)c1nnc(NC(=O)[C@H]2CCCN2C(=O)c2cc(Cl)ccc2Cl)s1. The third kappa shape index (κ3) is 4.00. The monoisotopic (exact) mass is 412 g/mol. The molecule has 2 heterocycles. The van der Waals surface area contributed by atoms with Crippen molar-refractivity contribution in [1.29, 1.82) is 0 Å². The summed E-state index contributed by atoms with van der Waals surface area (Å²) in [7, 11) is 0. The number of hydrogen-bond acceptors (Lipinski definition) is 5. The van der Waals surface area contributed by atoms with Crippen LogP contribution in [0.25, 0.3) is 0 Å². The Labute approximate surface area is 165 Å². The summed E-state index contributed by atoms with van der Waals surface area (Å²) in [6.45, 7) is 4.52. The van der Waals surface area contributed by atoms with Crippen molar-refractivity contribution in [2.45, 2.75) is 38.6 Å². The van der Waals surface area contributed by atoms with Crippen LogP contribution in [-0.2, 0) is 4.79 Å². The second-order valence-electron chi connectivity index (χ2n) is 6.37. The lowest BCUT2D eigenvalue weighted by molar-refractivity contribution is -0.119. The molecule has 2 amide bonds. The largest absolute Gasteiger partial charge is 0.327 e. The molecule has 1 N–H and O–H groups in total. The van der Waals surface area contributed by atoms with Crippen LogP contribution in [0, 0.1) is 0 Å². The Balaban J connectivity index is 1.75. The predicted octanol–water partition coefficient (Wildman–Crippen LogP) is 4.21. The summed E-state index contributed by atoms with van der Waals surface area (Å²) in [4.78, 5) is 27.1. The van der Waals surface area contributed by atoms with E-state index in [0.29, 0.717) is 33.7 Å². The highest BCUT2D eigenvalue weighted by atomic mass is 35.5. The van der Waals surface area contributed by atoms with Gasteiger partial charge in [0.25, 0.3) is 5.91 Å². The molecule has 0 aliphatic carbocycles. The number of carbonyl (C=O) groups excluding carboxylic acids is 2. The summed E-state index contributed by atoms with van der Waals surface area (Å²) < 4.78 is 0. The lowest BCUT2D eigenvalue weighted by atomic mass is 10.1. The first-order valence-corrected chi connectivity index (χ1v) is 9.84. The molecule has 1 fully saturated rings. The second kappa shape index (κ2) is 7.90. The predicted molar refractivity (Wildman–Crippen MR) is 103 cm³/mol. The lowest BCUT2D eigenvalue weighted by Gasteiger charge is -2.24. The molecule has 1 saturated heterocycles. The Hall–Kier alpha value is -1.70. The van der Waals surface area contributed by atoms with Crippen molar-refractivity contribution in [3.05, 3.63) is 38.8 Å². The fraction of sp³-hybridized carbons (Fsp3) is 0.412. The summed E-state index contributed by atoms with van der Waals surface area (Å²) in [5.74, 6) is -0.316. The molecule has 0 spiro atoms. The Morgan fingerprint density at radius 1 is 1.31 bits per heavy atom. The molecular weight excluding hydrogens is 395 g/mol. The number of benzene rings is 1. The molecule has 1 aromatic heterocycles. The summed E-state index contributed by atoms with van der Waals surface area (Å²) in [5, 5.41) is 12.9. The zero-order valence-corrected chi connectivity index (χ0v) is 16.7. The van der Waals surface area contributed by atoms with Gasteiger partial charge < -0.3 is 4.90 Å². The number of halogens is 2. The molecule has 1 atom stereocenters. The van der Waals surface area contributed by atoms with Crippen molar-refractivity contribution in [2.24, 2.45) is 0 Å². The number of nitrogens with zero attached hydrogens (tertiary/aromatic N) is 3. The zero-order chi connectivity index (χ0) is 18.8. The summed E-state index contributed by atoms with van der Waals surface area (Å²) in [6, 6.07) is 4.16. The normalized spacial score (nSPS) is 17.0. The first kappa shape index (κ1) is 19.1. The van der Waals surface area contributed by atoms with E-state index < -0.39 is 6.04 Å². The second-order valence-corrected chi connectivity index (χ2v) is 8.22. The number of rotatable bonds is 4. The third-order valence-corrected chi connectivity index (χ3v) is 5.84. The van der Waals surface area contributed by atoms with Crippen molar-refractivity contribution < 1.29 is 9.59 Å². The van der Waals surface area contributed by atoms with Gasteiger partial charge in [-0.1, -0.05) is 48.4 Å². The van der Waals surface area contributed by atoms with Crippen LogP contribution < -0.4 is 5.32 Å². The minimum absolute atomic E-state index is 0.243. The Kier molecular flexibility index (Phi) is 5.79. The fourth-order valence-electron chi connectivity index (χ4n) is 2.81. The van der Waals surface area contributed by atoms with Gasteiger partial charge in [-0.2, -0.15) is 0 Å². The van der Waals surface area contributed by atoms with Gasteiger partial charge in [0.05, 0.1) is 10.6 Å². The summed E-state index contributed by atoms with van der Waals surface area (Å²) in [6.07, 6.45) is 1.33. The van der Waals surface area contributed by atoms with E-state index in [1.807, 2.05) is 13.8 Å². The molecule has 0 radical (unpaired) electrons. The zero-order valence-electron chi connectivity index (χ0n) is 14.3. The third-order valence-electron chi connectivity index (χ3n) is 4.14. The van der Waals surface area contributed by atoms with Crippen LogP contribution in [-0.4, -0.2) is 39.5 Å². The van der Waals surface area contributed by atoms with Crippen LogP contribution in [0.1, 0.15) is 48.0 Å². The highest BCUT2D eigenvalue weighted by molar-refractivity contribution is 7.15. The highest BCUT2D eigenvalue weighted by Gasteiger charge is 2.35. The van der Waals surface area contributed by atoms with E-state index in [-0.39, 0.29) is 17.7 Å². The lowest BCUT2D eigenvalue weighted by Crippen LogP contribution is -2.43. The van der Waals surface area contributed by atoms with E-state index in [1.54, 1.807) is 12.1 Å². The van der Waals surface area contributed by atoms with E-state index >= 15 is 0 Å². The number of carbonyl (C=O) groups is 2. The van der Waals surface area contributed by atoms with Gasteiger partial charge in [0, 0.05) is 17.5 Å². The Morgan fingerprint density at radius 3 is 2.77 bits per heavy atom. The van der Waals surface area contributed by atoms with E-state index in [2.05, 4.69) is 15.5 Å². The standard InChI is InChI=1S/C17H18Cl2N4O2S/c1-9(2)15-21-22-17(26-15)20-14(24)13-4-3-7-23(13)16(25)11-8-10(18)5-6-12(11)19/h5-6,8-9,13H,3-4,7H2,1-2H3,(H,20,22,24)/t13-/m1/s1. The Bertz CT molecular complexity index is 840. The average Bonchev–Trinajstić information content (AvgIpc) is 3.25. The molecular formula is C17H18Cl2N4O2S. The minimum atomic E-state index is -0.566. The quantitative estimate of drug-likeness (QED) is 0.815. The maximum atomic E-state index is 12.9. The molecule has 9 heteroatoms. The molecule has 0 saturated carbocycles. The van der Waals surface area contributed by atoms with E-state index in [1.165, 1.54) is 22.3 Å². The summed E-state index contributed by atoms with van der Waals surface area (Å²) in [5.41, 5.74) is 0.303. The van der Waals surface area contributed by atoms with Crippen LogP contribution in [0.2, 0.25) is 10.0 Å². The number of anilines is 1. The van der Waals surface area contributed by atoms with Crippen LogP contribution in [0.5, 0.6) is 0 Å². The molecule has 26 heavy (non-hydrogen) atoms. The Morgan fingerprint density at radius 2 is 2.08 bits per heavy atom. The number of hydrogen-bond donors (Lipinski definition) is 1. The van der Waals surface area contributed by atoms with Crippen LogP contribution in [0.4, 0.5) is 5.13 Å². The van der Waals surface area contributed by atoms with Gasteiger partial charge in [0.2, 0.25) is 11.0 Å². The van der Waals surface area contributed by atoms with Crippen molar-refractivity contribution in [3.63, 3.8) is 0 Å². The first-order valence-electron chi connectivity index (χ1n) is 8.27. The number of amides is 2. The molecule has 0 unspecified atom stereocenters. The molecule has 138 valence electrons. The molecule has 1 aromatic carbocycles. The van der Waals surface area contributed by atoms with Gasteiger partial charge >= 0.3 is 0 Å². The van der Waals surface area contributed by atoms with Crippen LogP contribution in [0.15, 0.2) is 18.2 Å². The van der Waals surface area contributed by atoms with Crippen molar-refractivity contribution in [1.82, 2.24) is 15.1 Å². The summed E-state index contributed by atoms with van der Waals surface area (Å²) >= 11 is 13.5. The fourth-order valence-corrected chi connectivity index (χ4v) is 3.92. The number of likely N-dealkylation sites (tertiary alicyclic amines) is 1.